The fourth-order valence-corrected chi connectivity index (χ4v) is 2.70. The SMILES string of the molecule is Cc1csc(C(C)Nc2nccn2C2CC2)n1. The van der Waals surface area contributed by atoms with Crippen molar-refractivity contribution < 1.29 is 0 Å². The summed E-state index contributed by atoms with van der Waals surface area (Å²) in [6.45, 7) is 4.15. The van der Waals surface area contributed by atoms with Crippen LogP contribution in [0.5, 0.6) is 0 Å². The standard InChI is InChI=1S/C12H16N4S/c1-8-7-17-11(14-8)9(2)15-12-13-5-6-16(12)10-3-4-10/h5-7,9-10H,3-4H2,1-2H3,(H,13,15). The van der Waals surface area contributed by atoms with E-state index in [2.05, 4.69) is 38.4 Å². The van der Waals surface area contributed by atoms with E-state index in [9.17, 15) is 0 Å². The fourth-order valence-electron chi connectivity index (χ4n) is 1.90. The van der Waals surface area contributed by atoms with Crippen LogP contribution in [0.25, 0.3) is 0 Å². The maximum Gasteiger partial charge on any atom is 0.203 e. The molecule has 17 heavy (non-hydrogen) atoms. The number of hydrogen-bond acceptors (Lipinski definition) is 4. The van der Waals surface area contributed by atoms with Crippen molar-refractivity contribution in [3.05, 3.63) is 28.5 Å². The molecule has 0 spiro atoms. The lowest BCUT2D eigenvalue weighted by molar-refractivity contribution is 0.725. The Balaban J connectivity index is 1.75. The monoisotopic (exact) mass is 248 g/mol. The van der Waals surface area contributed by atoms with Gasteiger partial charge in [0, 0.05) is 29.5 Å². The fraction of sp³-hybridized carbons (Fsp3) is 0.500. The summed E-state index contributed by atoms with van der Waals surface area (Å²) in [4.78, 5) is 8.88. The van der Waals surface area contributed by atoms with Crippen molar-refractivity contribution in [1.82, 2.24) is 14.5 Å². The Labute approximate surface area is 105 Å². The molecule has 2 heterocycles. The third-order valence-electron chi connectivity index (χ3n) is 2.96. The Hall–Kier alpha value is -1.36. The molecule has 0 saturated heterocycles. The maximum atomic E-state index is 4.50. The van der Waals surface area contributed by atoms with E-state index in [0.29, 0.717) is 6.04 Å². The highest BCUT2D eigenvalue weighted by Gasteiger charge is 2.26. The van der Waals surface area contributed by atoms with Gasteiger partial charge in [-0.1, -0.05) is 0 Å². The van der Waals surface area contributed by atoms with Crippen LogP contribution in [0.3, 0.4) is 0 Å². The number of thiazole rings is 1. The van der Waals surface area contributed by atoms with Crippen LogP contribution < -0.4 is 5.32 Å². The highest BCUT2D eigenvalue weighted by Crippen LogP contribution is 2.37. The molecule has 0 aliphatic heterocycles. The molecule has 5 heteroatoms. The molecule has 1 saturated carbocycles. The second kappa shape index (κ2) is 4.14. The molecule has 1 aliphatic rings. The molecule has 0 bridgehead atoms. The lowest BCUT2D eigenvalue weighted by Gasteiger charge is -2.13. The normalized spacial score (nSPS) is 17.1. The number of hydrogen-bond donors (Lipinski definition) is 1. The third kappa shape index (κ3) is 2.20. The van der Waals surface area contributed by atoms with Crippen LogP contribution in [-0.2, 0) is 0 Å². The van der Waals surface area contributed by atoms with Gasteiger partial charge in [0.15, 0.2) is 0 Å². The number of aromatic nitrogens is 3. The lowest BCUT2D eigenvalue weighted by Crippen LogP contribution is -2.11. The van der Waals surface area contributed by atoms with Gasteiger partial charge in [0.25, 0.3) is 0 Å². The van der Waals surface area contributed by atoms with Crippen LogP contribution in [0.2, 0.25) is 0 Å². The zero-order valence-corrected chi connectivity index (χ0v) is 10.9. The molecular weight excluding hydrogens is 232 g/mol. The van der Waals surface area contributed by atoms with E-state index in [-0.39, 0.29) is 6.04 Å². The third-order valence-corrected chi connectivity index (χ3v) is 4.11. The van der Waals surface area contributed by atoms with Gasteiger partial charge in [-0.25, -0.2) is 9.97 Å². The quantitative estimate of drug-likeness (QED) is 0.903. The van der Waals surface area contributed by atoms with Crippen LogP contribution in [0.15, 0.2) is 17.8 Å². The van der Waals surface area contributed by atoms with E-state index in [1.807, 2.05) is 13.1 Å². The van der Waals surface area contributed by atoms with Crippen molar-refractivity contribution in [2.45, 2.75) is 38.8 Å². The summed E-state index contributed by atoms with van der Waals surface area (Å²) in [5.41, 5.74) is 1.09. The first-order valence-corrected chi connectivity index (χ1v) is 6.83. The second-order valence-corrected chi connectivity index (χ2v) is 5.47. The van der Waals surface area contributed by atoms with Crippen LogP contribution in [0.1, 0.15) is 42.6 Å². The predicted octanol–water partition coefficient (Wildman–Crippen LogP) is 3.16. The van der Waals surface area contributed by atoms with E-state index in [1.54, 1.807) is 11.3 Å². The molecule has 1 aliphatic carbocycles. The number of rotatable bonds is 4. The molecule has 1 unspecified atom stereocenters. The van der Waals surface area contributed by atoms with Crippen molar-refractivity contribution in [2.75, 3.05) is 5.32 Å². The summed E-state index contributed by atoms with van der Waals surface area (Å²) in [7, 11) is 0. The highest BCUT2D eigenvalue weighted by molar-refractivity contribution is 7.09. The first-order valence-electron chi connectivity index (χ1n) is 5.95. The van der Waals surface area contributed by atoms with E-state index in [1.165, 1.54) is 12.8 Å². The largest absolute Gasteiger partial charge is 0.347 e. The molecule has 1 N–H and O–H groups in total. The van der Waals surface area contributed by atoms with Crippen molar-refractivity contribution in [1.29, 1.82) is 0 Å². The van der Waals surface area contributed by atoms with E-state index in [0.717, 1.165) is 16.6 Å². The molecule has 90 valence electrons. The number of nitrogens with one attached hydrogen (secondary N) is 1. The summed E-state index contributed by atoms with van der Waals surface area (Å²) in [6.07, 6.45) is 6.46. The minimum absolute atomic E-state index is 0.216. The van der Waals surface area contributed by atoms with Crippen molar-refractivity contribution in [3.63, 3.8) is 0 Å². The Bertz CT molecular complexity index is 512. The number of nitrogens with zero attached hydrogens (tertiary/aromatic N) is 3. The van der Waals surface area contributed by atoms with E-state index in [4.69, 9.17) is 0 Å². The predicted molar refractivity (Wildman–Crippen MR) is 69.4 cm³/mol. The van der Waals surface area contributed by atoms with Gasteiger partial charge in [-0.3, -0.25) is 0 Å². The lowest BCUT2D eigenvalue weighted by atomic mass is 10.3. The summed E-state index contributed by atoms with van der Waals surface area (Å²) in [5.74, 6) is 0.966. The summed E-state index contributed by atoms with van der Waals surface area (Å²) in [5, 5.41) is 6.64. The van der Waals surface area contributed by atoms with Gasteiger partial charge >= 0.3 is 0 Å². The maximum absolute atomic E-state index is 4.50. The van der Waals surface area contributed by atoms with Gasteiger partial charge in [0.1, 0.15) is 5.01 Å². The van der Waals surface area contributed by atoms with Gasteiger partial charge in [-0.05, 0) is 26.7 Å². The van der Waals surface area contributed by atoms with Crippen LogP contribution in [0.4, 0.5) is 5.95 Å². The van der Waals surface area contributed by atoms with E-state index < -0.39 is 0 Å². The van der Waals surface area contributed by atoms with Gasteiger partial charge in [-0.15, -0.1) is 11.3 Å². The highest BCUT2D eigenvalue weighted by atomic mass is 32.1. The first-order chi connectivity index (χ1) is 8.24. The van der Waals surface area contributed by atoms with Gasteiger partial charge in [-0.2, -0.15) is 0 Å². The van der Waals surface area contributed by atoms with Crippen LogP contribution in [-0.4, -0.2) is 14.5 Å². The van der Waals surface area contributed by atoms with Gasteiger partial charge in [0.2, 0.25) is 5.95 Å². The number of aryl methyl sites for hydroxylation is 1. The Morgan fingerprint density at radius 3 is 3.00 bits per heavy atom. The second-order valence-electron chi connectivity index (χ2n) is 4.58. The van der Waals surface area contributed by atoms with Crippen molar-refractivity contribution in [2.24, 2.45) is 0 Å². The molecule has 4 nitrogen and oxygen atoms in total. The molecule has 0 aromatic carbocycles. The summed E-state index contributed by atoms with van der Waals surface area (Å²) in [6, 6.07) is 0.874. The van der Waals surface area contributed by atoms with Crippen LogP contribution >= 0.6 is 11.3 Å². The smallest absolute Gasteiger partial charge is 0.203 e. The summed E-state index contributed by atoms with van der Waals surface area (Å²) < 4.78 is 2.23. The molecule has 1 atom stereocenters. The molecule has 0 radical (unpaired) electrons. The summed E-state index contributed by atoms with van der Waals surface area (Å²) >= 11 is 1.70. The topological polar surface area (TPSA) is 42.7 Å². The van der Waals surface area contributed by atoms with E-state index >= 15 is 0 Å². The molecule has 2 aromatic rings. The molecule has 0 amide bonds. The molecule has 1 fully saturated rings. The number of anilines is 1. The van der Waals surface area contributed by atoms with Crippen LogP contribution in [0, 0.1) is 6.92 Å². The average molecular weight is 248 g/mol. The molecular formula is C12H16N4S. The molecule has 3 rings (SSSR count). The molecule has 2 aromatic heterocycles. The van der Waals surface area contributed by atoms with Gasteiger partial charge < -0.3 is 9.88 Å². The zero-order chi connectivity index (χ0) is 11.8. The zero-order valence-electron chi connectivity index (χ0n) is 10.1. The van der Waals surface area contributed by atoms with Crippen molar-refractivity contribution >= 4 is 17.3 Å². The average Bonchev–Trinajstić information content (AvgIpc) is 2.89. The van der Waals surface area contributed by atoms with Crippen molar-refractivity contribution in [3.8, 4) is 0 Å². The van der Waals surface area contributed by atoms with Gasteiger partial charge in [0.05, 0.1) is 6.04 Å². The number of imidazole rings is 1. The minimum Gasteiger partial charge on any atom is -0.347 e. The Morgan fingerprint density at radius 1 is 1.53 bits per heavy atom. The Morgan fingerprint density at radius 2 is 2.35 bits per heavy atom. The minimum atomic E-state index is 0.216. The Kier molecular flexibility index (Phi) is 2.63. The first kappa shape index (κ1) is 10.8.